The van der Waals surface area contributed by atoms with E-state index in [1.165, 1.54) is 0 Å². The van der Waals surface area contributed by atoms with Crippen molar-refractivity contribution >= 4 is 27.4 Å². The van der Waals surface area contributed by atoms with Crippen LogP contribution in [0.25, 0.3) is 0 Å². The number of rotatable bonds is 4. The molecule has 0 aliphatic heterocycles. The van der Waals surface area contributed by atoms with E-state index in [9.17, 15) is 4.79 Å². The van der Waals surface area contributed by atoms with Crippen LogP contribution in [-0.2, 0) is 4.79 Å². The van der Waals surface area contributed by atoms with Gasteiger partial charge in [-0.15, -0.1) is 0 Å². The first-order chi connectivity index (χ1) is 5.11. The molecule has 1 N–H and O–H groups in total. The van der Waals surface area contributed by atoms with Crippen molar-refractivity contribution in [1.29, 1.82) is 0 Å². The Labute approximate surface area is 74.6 Å². The maximum Gasteiger partial charge on any atom is 0.151 e. The summed E-state index contributed by atoms with van der Waals surface area (Å²) in [5.41, 5.74) is 0.529. The Kier molecular flexibility index (Phi) is 5.11. The van der Waals surface area contributed by atoms with Crippen LogP contribution in [0.15, 0.2) is 5.16 Å². The molecule has 0 aromatic rings. The molecule has 0 fully saturated rings. The van der Waals surface area contributed by atoms with E-state index >= 15 is 0 Å². The molecule has 0 aliphatic rings. The van der Waals surface area contributed by atoms with Crippen LogP contribution in [0.1, 0.15) is 26.7 Å². The summed E-state index contributed by atoms with van der Waals surface area (Å²) >= 11 is 3.14. The molecule has 0 spiro atoms. The molecule has 1 atom stereocenters. The lowest BCUT2D eigenvalue weighted by Crippen LogP contribution is -2.14. The maximum absolute atomic E-state index is 11.0. The van der Waals surface area contributed by atoms with E-state index in [-0.39, 0.29) is 17.0 Å². The van der Waals surface area contributed by atoms with Crippen molar-refractivity contribution < 1.29 is 10.0 Å². The Bertz CT molecular complexity index is 166. The van der Waals surface area contributed by atoms with Gasteiger partial charge in [0.1, 0.15) is 0 Å². The molecule has 0 saturated carbocycles. The van der Waals surface area contributed by atoms with Crippen molar-refractivity contribution in [1.82, 2.24) is 0 Å². The van der Waals surface area contributed by atoms with Gasteiger partial charge in [0, 0.05) is 6.42 Å². The third-order valence-electron chi connectivity index (χ3n) is 1.37. The van der Waals surface area contributed by atoms with Crippen molar-refractivity contribution in [3.63, 3.8) is 0 Å². The standard InChI is InChI=1S/C7H12BrNO2/c1-3-6(9-11)4-7(10)5(2)8/h5,11H,3-4H2,1-2H3. The molecular weight excluding hydrogens is 210 g/mol. The van der Waals surface area contributed by atoms with E-state index in [1.54, 1.807) is 6.92 Å². The van der Waals surface area contributed by atoms with Crippen LogP contribution in [0.3, 0.4) is 0 Å². The smallest absolute Gasteiger partial charge is 0.151 e. The Hall–Kier alpha value is -0.380. The number of carbonyl (C=O) groups excluding carboxylic acids is 1. The molecule has 11 heavy (non-hydrogen) atoms. The van der Waals surface area contributed by atoms with Crippen LogP contribution < -0.4 is 0 Å². The highest BCUT2D eigenvalue weighted by Crippen LogP contribution is 2.04. The van der Waals surface area contributed by atoms with Crippen LogP contribution in [0.4, 0.5) is 0 Å². The molecule has 0 aromatic heterocycles. The number of halogens is 1. The molecule has 0 saturated heterocycles. The Balaban J connectivity index is 3.93. The van der Waals surface area contributed by atoms with Gasteiger partial charge in [-0.05, 0) is 13.3 Å². The highest BCUT2D eigenvalue weighted by molar-refractivity contribution is 9.10. The fraction of sp³-hybridized carbons (Fsp3) is 0.714. The van der Waals surface area contributed by atoms with E-state index in [2.05, 4.69) is 21.1 Å². The zero-order chi connectivity index (χ0) is 8.85. The molecule has 0 heterocycles. The predicted octanol–water partition coefficient (Wildman–Crippen LogP) is 1.97. The minimum absolute atomic E-state index is 0.0413. The fourth-order valence-electron chi connectivity index (χ4n) is 0.573. The normalized spacial score (nSPS) is 14.6. The molecule has 0 aliphatic carbocycles. The van der Waals surface area contributed by atoms with Crippen molar-refractivity contribution in [2.24, 2.45) is 5.16 Å². The van der Waals surface area contributed by atoms with Gasteiger partial charge in [0.2, 0.25) is 0 Å². The first-order valence-corrected chi connectivity index (χ1v) is 4.40. The van der Waals surface area contributed by atoms with Crippen LogP contribution in [0.2, 0.25) is 0 Å². The number of nitrogens with zero attached hydrogens (tertiary/aromatic N) is 1. The molecule has 64 valence electrons. The number of alkyl halides is 1. The van der Waals surface area contributed by atoms with E-state index in [0.29, 0.717) is 12.1 Å². The van der Waals surface area contributed by atoms with Crippen molar-refractivity contribution in [2.75, 3.05) is 0 Å². The Morgan fingerprint density at radius 2 is 2.27 bits per heavy atom. The lowest BCUT2D eigenvalue weighted by atomic mass is 10.1. The minimum atomic E-state index is -0.161. The predicted molar refractivity (Wildman–Crippen MR) is 47.5 cm³/mol. The number of hydrogen-bond donors (Lipinski definition) is 1. The SMILES string of the molecule is CCC(CC(=O)C(C)Br)=NO. The average molecular weight is 222 g/mol. The second kappa shape index (κ2) is 5.29. The van der Waals surface area contributed by atoms with Crippen molar-refractivity contribution in [3.05, 3.63) is 0 Å². The van der Waals surface area contributed by atoms with E-state index in [1.807, 2.05) is 6.92 Å². The van der Waals surface area contributed by atoms with Gasteiger partial charge in [-0.25, -0.2) is 0 Å². The second-order valence-corrected chi connectivity index (χ2v) is 3.65. The molecule has 0 amide bonds. The van der Waals surface area contributed by atoms with Crippen LogP contribution in [0.5, 0.6) is 0 Å². The first-order valence-electron chi connectivity index (χ1n) is 3.48. The highest BCUT2D eigenvalue weighted by Gasteiger charge is 2.11. The number of carbonyl (C=O) groups is 1. The summed E-state index contributed by atoms with van der Waals surface area (Å²) in [6.45, 7) is 3.61. The summed E-state index contributed by atoms with van der Waals surface area (Å²) in [4.78, 5) is 10.9. The lowest BCUT2D eigenvalue weighted by molar-refractivity contribution is -0.117. The zero-order valence-corrected chi connectivity index (χ0v) is 8.26. The third kappa shape index (κ3) is 4.14. The average Bonchev–Trinajstić information content (AvgIpc) is 1.99. The molecule has 1 unspecified atom stereocenters. The molecule has 0 aromatic carbocycles. The number of hydrogen-bond acceptors (Lipinski definition) is 3. The lowest BCUT2D eigenvalue weighted by Gasteiger charge is -2.01. The summed E-state index contributed by atoms with van der Waals surface area (Å²) < 4.78 is 0. The zero-order valence-electron chi connectivity index (χ0n) is 6.67. The number of oxime groups is 1. The van der Waals surface area contributed by atoms with Crippen molar-refractivity contribution in [2.45, 2.75) is 31.5 Å². The quantitative estimate of drug-likeness (QED) is 0.342. The van der Waals surface area contributed by atoms with Gasteiger partial charge in [0.15, 0.2) is 5.78 Å². The van der Waals surface area contributed by atoms with Crippen LogP contribution in [0, 0.1) is 0 Å². The van der Waals surface area contributed by atoms with Crippen molar-refractivity contribution in [3.8, 4) is 0 Å². The first kappa shape index (κ1) is 10.6. The van der Waals surface area contributed by atoms with Gasteiger partial charge in [-0.2, -0.15) is 0 Å². The van der Waals surface area contributed by atoms with E-state index in [0.717, 1.165) is 0 Å². The molecular formula is C7H12BrNO2. The molecule has 0 rings (SSSR count). The van der Waals surface area contributed by atoms with Crippen LogP contribution >= 0.6 is 15.9 Å². The van der Waals surface area contributed by atoms with Gasteiger partial charge in [0.25, 0.3) is 0 Å². The maximum atomic E-state index is 11.0. The summed E-state index contributed by atoms with van der Waals surface area (Å²) in [7, 11) is 0. The Morgan fingerprint density at radius 3 is 2.55 bits per heavy atom. The minimum Gasteiger partial charge on any atom is -0.411 e. The van der Waals surface area contributed by atoms with Gasteiger partial charge in [-0.1, -0.05) is 28.0 Å². The number of ketones is 1. The number of Topliss-reactive ketones (excluding diaryl/α,β-unsaturated/α-hetero) is 1. The summed E-state index contributed by atoms with van der Waals surface area (Å²) in [5.74, 6) is 0.0413. The monoisotopic (exact) mass is 221 g/mol. The highest BCUT2D eigenvalue weighted by atomic mass is 79.9. The molecule has 3 nitrogen and oxygen atoms in total. The van der Waals surface area contributed by atoms with Gasteiger partial charge >= 0.3 is 0 Å². The van der Waals surface area contributed by atoms with Gasteiger partial charge < -0.3 is 5.21 Å². The second-order valence-electron chi connectivity index (χ2n) is 2.28. The summed E-state index contributed by atoms with van der Waals surface area (Å²) in [6, 6.07) is 0. The van der Waals surface area contributed by atoms with Crippen LogP contribution in [-0.4, -0.2) is 21.5 Å². The Morgan fingerprint density at radius 1 is 1.73 bits per heavy atom. The van der Waals surface area contributed by atoms with Gasteiger partial charge in [0.05, 0.1) is 10.5 Å². The van der Waals surface area contributed by atoms with E-state index in [4.69, 9.17) is 5.21 Å². The molecule has 4 heteroatoms. The third-order valence-corrected chi connectivity index (χ3v) is 1.88. The fourth-order valence-corrected chi connectivity index (χ4v) is 0.735. The summed E-state index contributed by atoms with van der Waals surface area (Å²) in [5, 5.41) is 11.4. The molecule has 0 bridgehead atoms. The van der Waals surface area contributed by atoms with E-state index < -0.39 is 0 Å². The topological polar surface area (TPSA) is 49.7 Å². The largest absolute Gasteiger partial charge is 0.411 e. The summed E-state index contributed by atoms with van der Waals surface area (Å²) in [6.07, 6.45) is 0.849. The van der Waals surface area contributed by atoms with Gasteiger partial charge in [-0.3, -0.25) is 4.79 Å². The molecule has 0 radical (unpaired) electrons.